The minimum absolute atomic E-state index is 0.201. The molecule has 0 bridgehead atoms. The summed E-state index contributed by atoms with van der Waals surface area (Å²) in [7, 11) is 0. The van der Waals surface area contributed by atoms with Crippen molar-refractivity contribution in [1.82, 2.24) is 10.7 Å². The number of rotatable bonds is 7. The molecule has 0 aromatic heterocycles. The van der Waals surface area contributed by atoms with Crippen LogP contribution in [0.15, 0.2) is 29.4 Å². The van der Waals surface area contributed by atoms with Crippen molar-refractivity contribution in [3.63, 3.8) is 0 Å². The lowest BCUT2D eigenvalue weighted by Gasteiger charge is -2.12. The van der Waals surface area contributed by atoms with E-state index in [1.807, 2.05) is 13.0 Å². The van der Waals surface area contributed by atoms with Crippen LogP contribution in [0.2, 0.25) is 0 Å². The lowest BCUT2D eigenvalue weighted by molar-refractivity contribution is -0.307. The maximum absolute atomic E-state index is 10.4. The molecule has 1 saturated heterocycles. The Labute approximate surface area is 146 Å². The second-order valence-corrected chi connectivity index (χ2v) is 5.75. The molecule has 0 saturated carbocycles. The summed E-state index contributed by atoms with van der Waals surface area (Å²) in [5.41, 5.74) is 4.26. The summed E-state index contributed by atoms with van der Waals surface area (Å²) in [6, 6.07) is 6.97. The fraction of sp³-hybridized carbons (Fsp3) is 0.438. The van der Waals surface area contributed by atoms with Crippen molar-refractivity contribution >= 4 is 29.0 Å². The molecule has 1 heterocycles. The number of carboxylic acids is 1. The third-order valence-electron chi connectivity index (χ3n) is 3.45. The van der Waals surface area contributed by atoms with Gasteiger partial charge in [-0.1, -0.05) is 12.1 Å². The average molecular weight is 350 g/mol. The topological polar surface area (TPSA) is 95.0 Å². The number of thiocarbonyl (C=S) groups is 1. The number of hydrogen-bond acceptors (Lipinski definition) is 6. The number of nitrogens with zero attached hydrogens (tertiary/aromatic N) is 1. The third-order valence-corrected chi connectivity index (χ3v) is 3.68. The number of benzene rings is 1. The third kappa shape index (κ3) is 6.13. The van der Waals surface area contributed by atoms with E-state index in [1.54, 1.807) is 18.2 Å². The summed E-state index contributed by atoms with van der Waals surface area (Å²) in [5, 5.41) is 18.1. The molecule has 0 spiro atoms. The van der Waals surface area contributed by atoms with Crippen LogP contribution in [0.5, 0.6) is 5.75 Å². The molecule has 0 unspecified atom stereocenters. The number of ether oxygens (including phenoxy) is 2. The first-order valence-electron chi connectivity index (χ1n) is 7.67. The van der Waals surface area contributed by atoms with Crippen LogP contribution in [0.25, 0.3) is 0 Å². The van der Waals surface area contributed by atoms with Gasteiger partial charge in [0.05, 0.1) is 17.8 Å². The van der Waals surface area contributed by atoms with Crippen molar-refractivity contribution in [3.8, 4) is 5.75 Å². The van der Waals surface area contributed by atoms with Crippen LogP contribution in [0, 0.1) is 0 Å². The normalized spacial score (nSPS) is 17.4. The zero-order chi connectivity index (χ0) is 17.4. The molecule has 1 aliphatic rings. The molecule has 7 nitrogen and oxygen atoms in total. The van der Waals surface area contributed by atoms with E-state index >= 15 is 0 Å². The smallest absolute Gasteiger partial charge is 0.187 e. The van der Waals surface area contributed by atoms with Gasteiger partial charge < -0.3 is 24.7 Å². The molecule has 0 aliphatic carbocycles. The largest absolute Gasteiger partial charge is 0.546 e. The van der Waals surface area contributed by atoms with Gasteiger partial charge in [0.15, 0.2) is 5.11 Å². The van der Waals surface area contributed by atoms with Gasteiger partial charge in [0.1, 0.15) is 12.4 Å². The molecule has 2 N–H and O–H groups in total. The zero-order valence-corrected chi connectivity index (χ0v) is 14.2. The van der Waals surface area contributed by atoms with Gasteiger partial charge in [0.2, 0.25) is 0 Å². The quantitative estimate of drug-likeness (QED) is 0.411. The highest BCUT2D eigenvalue weighted by Crippen LogP contribution is 2.14. The van der Waals surface area contributed by atoms with E-state index in [0.717, 1.165) is 25.0 Å². The molecule has 2 rings (SSSR count). The summed E-state index contributed by atoms with van der Waals surface area (Å²) in [5.74, 6) is -0.833. The molecule has 1 aliphatic heterocycles. The van der Waals surface area contributed by atoms with Crippen molar-refractivity contribution < 1.29 is 19.4 Å². The van der Waals surface area contributed by atoms with Crippen LogP contribution < -0.4 is 20.6 Å². The minimum Gasteiger partial charge on any atom is -0.546 e. The van der Waals surface area contributed by atoms with Crippen LogP contribution in [-0.2, 0) is 9.53 Å². The van der Waals surface area contributed by atoms with Crippen molar-refractivity contribution in [3.05, 3.63) is 29.8 Å². The van der Waals surface area contributed by atoms with Crippen molar-refractivity contribution in [2.24, 2.45) is 5.10 Å². The lowest BCUT2D eigenvalue weighted by Crippen LogP contribution is -2.37. The highest BCUT2D eigenvalue weighted by Gasteiger charge is 2.15. The first kappa shape index (κ1) is 18.2. The van der Waals surface area contributed by atoms with Crippen molar-refractivity contribution in [2.45, 2.75) is 25.9 Å². The summed E-state index contributed by atoms with van der Waals surface area (Å²) in [6.07, 6.45) is 2.32. The predicted molar refractivity (Wildman–Crippen MR) is 91.9 cm³/mol. The van der Waals surface area contributed by atoms with Crippen LogP contribution in [0.3, 0.4) is 0 Å². The van der Waals surface area contributed by atoms with E-state index in [4.69, 9.17) is 21.7 Å². The highest BCUT2D eigenvalue weighted by molar-refractivity contribution is 7.80. The van der Waals surface area contributed by atoms with Gasteiger partial charge in [-0.2, -0.15) is 5.10 Å². The first-order chi connectivity index (χ1) is 11.5. The number of carbonyl (C=O) groups excluding carboxylic acids is 1. The Kier molecular flexibility index (Phi) is 6.95. The summed E-state index contributed by atoms with van der Waals surface area (Å²) >= 11 is 5.17. The molecule has 8 heteroatoms. The number of hydrazone groups is 1. The molecule has 1 aromatic rings. The summed E-state index contributed by atoms with van der Waals surface area (Å²) in [6.45, 7) is 2.79. The van der Waals surface area contributed by atoms with Crippen LogP contribution in [-0.4, -0.2) is 42.7 Å². The van der Waals surface area contributed by atoms with E-state index in [9.17, 15) is 9.90 Å². The lowest BCUT2D eigenvalue weighted by atomic mass is 10.1. The van der Waals surface area contributed by atoms with E-state index < -0.39 is 12.6 Å². The molecule has 24 heavy (non-hydrogen) atoms. The second kappa shape index (κ2) is 9.19. The molecule has 1 aromatic carbocycles. The number of aliphatic carboxylic acids is 1. The van der Waals surface area contributed by atoms with Crippen LogP contribution in [0.1, 0.15) is 25.3 Å². The van der Waals surface area contributed by atoms with Crippen molar-refractivity contribution in [2.75, 3.05) is 19.8 Å². The Morgan fingerprint density at radius 2 is 2.38 bits per heavy atom. The monoisotopic (exact) mass is 350 g/mol. The van der Waals surface area contributed by atoms with Gasteiger partial charge in [0.25, 0.3) is 0 Å². The molecule has 1 fully saturated rings. The number of carboxylic acid groups (broad SMARTS) is 1. The van der Waals surface area contributed by atoms with Gasteiger partial charge >= 0.3 is 0 Å². The van der Waals surface area contributed by atoms with E-state index in [0.29, 0.717) is 23.1 Å². The average Bonchev–Trinajstić information content (AvgIpc) is 3.09. The number of nitrogens with one attached hydrogen (secondary N) is 2. The number of hydrogen-bond donors (Lipinski definition) is 2. The van der Waals surface area contributed by atoms with Gasteiger partial charge in [-0.15, -0.1) is 0 Å². The summed E-state index contributed by atoms with van der Waals surface area (Å²) < 4.78 is 10.6. The summed E-state index contributed by atoms with van der Waals surface area (Å²) in [4.78, 5) is 10.4. The highest BCUT2D eigenvalue weighted by atomic mass is 32.1. The first-order valence-corrected chi connectivity index (χ1v) is 8.08. The zero-order valence-electron chi connectivity index (χ0n) is 13.4. The molecule has 0 amide bonds. The van der Waals surface area contributed by atoms with E-state index in [2.05, 4.69) is 15.8 Å². The Morgan fingerprint density at radius 1 is 1.54 bits per heavy atom. The van der Waals surface area contributed by atoms with Gasteiger partial charge in [-0.3, -0.25) is 5.43 Å². The Bertz CT molecular complexity index is 615. The SMILES string of the molecule is C/C(=N/NC(=S)NC[C@@H]1CCCO1)c1cccc(OCC(=O)[O-])c1. The van der Waals surface area contributed by atoms with E-state index in [-0.39, 0.29) is 6.10 Å². The maximum atomic E-state index is 10.4. The number of carbonyl (C=O) groups is 1. The Balaban J connectivity index is 1.84. The van der Waals surface area contributed by atoms with Crippen molar-refractivity contribution in [1.29, 1.82) is 0 Å². The molecular weight excluding hydrogens is 330 g/mol. The molecule has 1 atom stereocenters. The standard InChI is InChI=1S/C16H21N3O4S/c1-11(12-4-2-5-13(8-12)23-10-15(20)21)18-19-16(24)17-9-14-6-3-7-22-14/h2,4-5,8,14H,3,6-7,9-10H2,1H3,(H,20,21)(H2,17,19,24)/p-1/b18-11-/t14-/m0/s1. The minimum atomic E-state index is -1.27. The Morgan fingerprint density at radius 3 is 3.08 bits per heavy atom. The van der Waals surface area contributed by atoms with Crippen LogP contribution in [0.4, 0.5) is 0 Å². The fourth-order valence-corrected chi connectivity index (χ4v) is 2.33. The van der Waals surface area contributed by atoms with Crippen LogP contribution >= 0.6 is 12.2 Å². The Hall–Kier alpha value is -2.19. The predicted octanol–water partition coefficient (Wildman–Crippen LogP) is 0.182. The second-order valence-electron chi connectivity index (χ2n) is 5.34. The maximum Gasteiger partial charge on any atom is 0.187 e. The fourth-order valence-electron chi connectivity index (χ4n) is 2.20. The van der Waals surface area contributed by atoms with Gasteiger partial charge in [-0.25, -0.2) is 0 Å². The van der Waals surface area contributed by atoms with Gasteiger partial charge in [0, 0.05) is 18.7 Å². The van der Waals surface area contributed by atoms with E-state index in [1.165, 1.54) is 0 Å². The molecule has 0 radical (unpaired) electrons. The molecular formula is C16H20N3O4S-. The van der Waals surface area contributed by atoms with Gasteiger partial charge in [-0.05, 0) is 44.1 Å². The molecule has 130 valence electrons.